The second-order valence-electron chi connectivity index (χ2n) is 6.18. The highest BCUT2D eigenvalue weighted by Crippen LogP contribution is 2.45. The maximum atomic E-state index is 6.39. The second kappa shape index (κ2) is 5.38. The molecule has 3 heteroatoms. The Hall–Kier alpha value is -1.06. The van der Waals surface area contributed by atoms with E-state index in [0.29, 0.717) is 6.04 Å². The molecule has 0 saturated carbocycles. The van der Waals surface area contributed by atoms with E-state index in [9.17, 15) is 0 Å². The summed E-state index contributed by atoms with van der Waals surface area (Å²) in [4.78, 5) is 0. The minimum absolute atomic E-state index is 0.145. The third-order valence-electron chi connectivity index (χ3n) is 4.68. The molecule has 0 aliphatic carbocycles. The molecular formula is C17H25NO2. The fraction of sp³-hybridized carbons (Fsp3) is 0.647. The number of fused-ring (bicyclic) bond motifs is 1. The first-order valence-electron chi connectivity index (χ1n) is 7.79. The van der Waals surface area contributed by atoms with Gasteiger partial charge in [0.15, 0.2) is 0 Å². The number of hydrogen-bond acceptors (Lipinski definition) is 3. The molecule has 0 amide bonds. The molecule has 2 aliphatic heterocycles. The maximum Gasteiger partial charge on any atom is 0.139 e. The molecular weight excluding hydrogens is 250 g/mol. The Labute approximate surface area is 121 Å². The summed E-state index contributed by atoms with van der Waals surface area (Å²) in [5, 5.41) is 3.69. The Balaban J connectivity index is 1.94. The van der Waals surface area contributed by atoms with Gasteiger partial charge in [-0.3, -0.25) is 0 Å². The number of rotatable bonds is 3. The lowest BCUT2D eigenvalue weighted by molar-refractivity contribution is -0.0307. The van der Waals surface area contributed by atoms with Crippen molar-refractivity contribution in [2.24, 2.45) is 0 Å². The summed E-state index contributed by atoms with van der Waals surface area (Å²) in [6.45, 7) is 8.35. The Bertz CT molecular complexity index is 488. The van der Waals surface area contributed by atoms with E-state index in [4.69, 9.17) is 9.47 Å². The highest BCUT2D eigenvalue weighted by Gasteiger charge is 2.48. The van der Waals surface area contributed by atoms with E-state index in [0.717, 1.165) is 38.2 Å². The van der Waals surface area contributed by atoms with Gasteiger partial charge in [0, 0.05) is 24.4 Å². The first kappa shape index (κ1) is 13.9. The third-order valence-corrected chi connectivity index (χ3v) is 4.68. The number of nitrogens with one attached hydrogen (secondary N) is 1. The summed E-state index contributed by atoms with van der Waals surface area (Å²) in [6, 6.07) is 6.89. The molecule has 3 rings (SSSR count). The molecule has 0 bridgehead atoms. The van der Waals surface area contributed by atoms with Gasteiger partial charge in [0.25, 0.3) is 0 Å². The van der Waals surface area contributed by atoms with Gasteiger partial charge in [0.1, 0.15) is 11.4 Å². The first-order valence-corrected chi connectivity index (χ1v) is 7.79. The van der Waals surface area contributed by atoms with Gasteiger partial charge in [-0.15, -0.1) is 0 Å². The Morgan fingerprint density at radius 1 is 1.40 bits per heavy atom. The standard InChI is InChI=1S/C17H25NO2/c1-4-8-18-15-11-17(7-9-19-13(17)3)20-16-6-5-12(2)10-14(15)16/h5-6,10,13,15,18H,4,7-9,11H2,1-3H3. The van der Waals surface area contributed by atoms with Crippen LogP contribution in [0.15, 0.2) is 18.2 Å². The molecule has 1 aromatic rings. The maximum absolute atomic E-state index is 6.39. The van der Waals surface area contributed by atoms with Crippen LogP contribution in [-0.4, -0.2) is 24.9 Å². The SMILES string of the molecule is CCCNC1CC2(CCOC2C)Oc2ccc(C)cc21. The number of hydrogen-bond donors (Lipinski definition) is 1. The van der Waals surface area contributed by atoms with Crippen molar-refractivity contribution in [3.63, 3.8) is 0 Å². The number of aryl methyl sites for hydroxylation is 1. The lowest BCUT2D eigenvalue weighted by Gasteiger charge is -2.42. The fourth-order valence-electron chi connectivity index (χ4n) is 3.42. The molecule has 0 radical (unpaired) electrons. The molecule has 2 aliphatic rings. The van der Waals surface area contributed by atoms with Crippen molar-refractivity contribution in [2.45, 2.75) is 57.8 Å². The number of ether oxygens (including phenoxy) is 2. The normalized spacial score (nSPS) is 32.1. The van der Waals surface area contributed by atoms with Crippen LogP contribution in [0.3, 0.4) is 0 Å². The zero-order chi connectivity index (χ0) is 14.2. The van der Waals surface area contributed by atoms with Crippen LogP contribution in [0.4, 0.5) is 0 Å². The van der Waals surface area contributed by atoms with Crippen molar-refractivity contribution < 1.29 is 9.47 Å². The summed E-state index contributed by atoms with van der Waals surface area (Å²) in [5.41, 5.74) is 2.46. The van der Waals surface area contributed by atoms with Crippen molar-refractivity contribution in [1.29, 1.82) is 0 Å². The Kier molecular flexibility index (Phi) is 3.74. The van der Waals surface area contributed by atoms with Gasteiger partial charge in [-0.05, 0) is 32.9 Å². The molecule has 3 unspecified atom stereocenters. The lowest BCUT2D eigenvalue weighted by Crippen LogP contribution is -2.48. The zero-order valence-corrected chi connectivity index (χ0v) is 12.7. The van der Waals surface area contributed by atoms with Crippen LogP contribution < -0.4 is 10.1 Å². The topological polar surface area (TPSA) is 30.5 Å². The molecule has 20 heavy (non-hydrogen) atoms. The van der Waals surface area contributed by atoms with Gasteiger partial charge in [-0.1, -0.05) is 24.6 Å². The van der Waals surface area contributed by atoms with E-state index in [-0.39, 0.29) is 11.7 Å². The molecule has 1 saturated heterocycles. The van der Waals surface area contributed by atoms with Gasteiger partial charge in [-0.25, -0.2) is 0 Å². The third kappa shape index (κ3) is 2.33. The van der Waals surface area contributed by atoms with E-state index in [1.165, 1.54) is 11.1 Å². The van der Waals surface area contributed by atoms with Gasteiger partial charge in [0.2, 0.25) is 0 Å². The van der Waals surface area contributed by atoms with Crippen LogP contribution in [0.25, 0.3) is 0 Å². The summed E-state index contributed by atoms with van der Waals surface area (Å²) in [6.07, 6.45) is 3.32. The first-order chi connectivity index (χ1) is 9.64. The molecule has 1 fully saturated rings. The van der Waals surface area contributed by atoms with Gasteiger partial charge in [0.05, 0.1) is 12.7 Å². The fourth-order valence-corrected chi connectivity index (χ4v) is 3.42. The van der Waals surface area contributed by atoms with Crippen molar-refractivity contribution >= 4 is 0 Å². The summed E-state index contributed by atoms with van der Waals surface area (Å²) in [5.74, 6) is 1.04. The van der Waals surface area contributed by atoms with Crippen LogP contribution in [-0.2, 0) is 4.74 Å². The van der Waals surface area contributed by atoms with E-state index in [2.05, 4.69) is 44.3 Å². The molecule has 1 aromatic carbocycles. The molecule has 110 valence electrons. The highest BCUT2D eigenvalue weighted by molar-refractivity contribution is 5.42. The van der Waals surface area contributed by atoms with Crippen LogP contribution in [0.1, 0.15) is 50.3 Å². The van der Waals surface area contributed by atoms with Gasteiger partial charge in [-0.2, -0.15) is 0 Å². The predicted molar refractivity (Wildman–Crippen MR) is 80.2 cm³/mol. The van der Waals surface area contributed by atoms with Crippen LogP contribution in [0.2, 0.25) is 0 Å². The van der Waals surface area contributed by atoms with Gasteiger partial charge >= 0.3 is 0 Å². The van der Waals surface area contributed by atoms with E-state index in [1.807, 2.05) is 0 Å². The smallest absolute Gasteiger partial charge is 0.139 e. The zero-order valence-electron chi connectivity index (χ0n) is 12.7. The molecule has 1 N–H and O–H groups in total. The van der Waals surface area contributed by atoms with Crippen LogP contribution >= 0.6 is 0 Å². The molecule has 1 spiro atoms. The molecule has 0 aromatic heterocycles. The lowest BCUT2D eigenvalue weighted by atomic mass is 9.82. The average molecular weight is 275 g/mol. The average Bonchev–Trinajstić information content (AvgIpc) is 2.78. The van der Waals surface area contributed by atoms with Crippen molar-refractivity contribution in [3.05, 3.63) is 29.3 Å². The van der Waals surface area contributed by atoms with Crippen molar-refractivity contribution in [1.82, 2.24) is 5.32 Å². The second-order valence-corrected chi connectivity index (χ2v) is 6.18. The molecule has 3 atom stereocenters. The van der Waals surface area contributed by atoms with Crippen LogP contribution in [0.5, 0.6) is 5.75 Å². The largest absolute Gasteiger partial charge is 0.484 e. The highest BCUT2D eigenvalue weighted by atomic mass is 16.6. The quantitative estimate of drug-likeness (QED) is 0.917. The number of benzene rings is 1. The van der Waals surface area contributed by atoms with Gasteiger partial charge < -0.3 is 14.8 Å². The monoisotopic (exact) mass is 275 g/mol. The van der Waals surface area contributed by atoms with E-state index in [1.54, 1.807) is 0 Å². The summed E-state index contributed by atoms with van der Waals surface area (Å²) in [7, 11) is 0. The van der Waals surface area contributed by atoms with E-state index < -0.39 is 0 Å². The molecule has 3 nitrogen and oxygen atoms in total. The summed E-state index contributed by atoms with van der Waals surface area (Å²) < 4.78 is 12.2. The minimum atomic E-state index is -0.145. The van der Waals surface area contributed by atoms with Crippen molar-refractivity contribution in [3.8, 4) is 5.75 Å². The predicted octanol–water partition coefficient (Wildman–Crippen LogP) is 3.37. The van der Waals surface area contributed by atoms with Crippen molar-refractivity contribution in [2.75, 3.05) is 13.2 Å². The molecule has 2 heterocycles. The Morgan fingerprint density at radius 2 is 2.25 bits per heavy atom. The Morgan fingerprint density at radius 3 is 2.95 bits per heavy atom. The summed E-state index contributed by atoms with van der Waals surface area (Å²) >= 11 is 0. The van der Waals surface area contributed by atoms with Crippen LogP contribution in [0, 0.1) is 6.92 Å². The van der Waals surface area contributed by atoms with E-state index >= 15 is 0 Å². The minimum Gasteiger partial charge on any atom is -0.484 e.